The Morgan fingerprint density at radius 2 is 1.77 bits per heavy atom. The first-order chi connectivity index (χ1) is 12.6. The highest BCUT2D eigenvalue weighted by Gasteiger charge is 2.16. The molecule has 26 heavy (non-hydrogen) atoms. The Hall–Kier alpha value is -3.75. The van der Waals surface area contributed by atoms with E-state index in [-0.39, 0.29) is 11.2 Å². The first-order valence-corrected chi connectivity index (χ1v) is 7.92. The Morgan fingerprint density at radius 3 is 2.54 bits per heavy atom. The number of fused-ring (bicyclic) bond motifs is 1. The molecule has 130 valence electrons. The normalized spacial score (nSPS) is 11.6. The molecule has 0 unspecified atom stereocenters. The number of nitrogen functional groups attached to an aromatic ring is 1. The molecule has 0 aliphatic heterocycles. The van der Waals surface area contributed by atoms with Gasteiger partial charge < -0.3 is 5.73 Å². The largest absolute Gasteiger partial charge is 0.397 e. The Bertz CT molecular complexity index is 1180. The predicted octanol–water partition coefficient (Wildman–Crippen LogP) is 2.75. The molecule has 0 aliphatic carbocycles. The second-order valence-corrected chi connectivity index (χ2v) is 5.80. The molecule has 0 spiro atoms. The minimum atomic E-state index is -0.258. The fourth-order valence-corrected chi connectivity index (χ4v) is 2.79. The van der Waals surface area contributed by atoms with Gasteiger partial charge in [0, 0.05) is 7.05 Å². The Labute approximate surface area is 147 Å². The van der Waals surface area contributed by atoms with Crippen LogP contribution in [0.2, 0.25) is 0 Å². The Morgan fingerprint density at radius 1 is 1.04 bits per heavy atom. The van der Waals surface area contributed by atoms with Crippen molar-refractivity contribution >= 4 is 28.1 Å². The number of aromatic amines is 1. The number of para-hydroxylation sites is 1. The molecule has 9 heteroatoms. The number of benzene rings is 2. The number of hydrogen-bond acceptors (Lipinski definition) is 6. The molecule has 0 aliphatic rings. The fourth-order valence-electron chi connectivity index (χ4n) is 2.79. The van der Waals surface area contributed by atoms with Crippen molar-refractivity contribution in [1.29, 1.82) is 0 Å². The van der Waals surface area contributed by atoms with Crippen molar-refractivity contribution in [1.82, 2.24) is 24.8 Å². The maximum Gasteiger partial charge on any atom is 0.299 e. The molecule has 4 rings (SSSR count). The van der Waals surface area contributed by atoms with E-state index in [9.17, 15) is 4.79 Å². The van der Waals surface area contributed by atoms with Crippen molar-refractivity contribution < 1.29 is 0 Å². The lowest BCUT2D eigenvalue weighted by Gasteiger charge is -2.07. The molecule has 9 nitrogen and oxygen atoms in total. The quantitative estimate of drug-likeness (QED) is 0.437. The third-order valence-electron chi connectivity index (χ3n) is 4.27. The molecular weight excluding hydrogens is 332 g/mol. The smallest absolute Gasteiger partial charge is 0.299 e. The van der Waals surface area contributed by atoms with Gasteiger partial charge in [-0.05, 0) is 31.2 Å². The summed E-state index contributed by atoms with van der Waals surface area (Å²) >= 11 is 0. The number of anilines is 1. The van der Waals surface area contributed by atoms with Gasteiger partial charge in [-0.15, -0.1) is 10.2 Å². The number of nitrogens with one attached hydrogen (secondary N) is 1. The van der Waals surface area contributed by atoms with E-state index in [0.29, 0.717) is 28.1 Å². The van der Waals surface area contributed by atoms with E-state index < -0.39 is 0 Å². The number of azo groups is 1. The molecule has 4 aromatic rings. The van der Waals surface area contributed by atoms with Crippen molar-refractivity contribution in [3.8, 4) is 5.69 Å². The van der Waals surface area contributed by atoms with Crippen molar-refractivity contribution in [3.05, 3.63) is 58.5 Å². The second kappa shape index (κ2) is 5.96. The minimum absolute atomic E-state index is 0.247. The molecule has 2 aromatic carbocycles. The van der Waals surface area contributed by atoms with E-state index in [2.05, 4.69) is 25.6 Å². The second-order valence-electron chi connectivity index (χ2n) is 5.80. The molecule has 0 saturated carbocycles. The van der Waals surface area contributed by atoms with E-state index in [0.717, 1.165) is 5.69 Å². The number of aromatic nitrogens is 5. The molecule has 2 heterocycles. The van der Waals surface area contributed by atoms with Crippen molar-refractivity contribution in [2.24, 2.45) is 17.3 Å². The summed E-state index contributed by atoms with van der Waals surface area (Å²) in [6, 6.07) is 12.8. The van der Waals surface area contributed by atoms with Gasteiger partial charge in [0.25, 0.3) is 5.56 Å². The number of rotatable bonds is 3. The highest BCUT2D eigenvalue weighted by atomic mass is 16.1. The summed E-state index contributed by atoms with van der Waals surface area (Å²) in [7, 11) is 1.80. The molecule has 0 radical (unpaired) electrons. The van der Waals surface area contributed by atoms with Gasteiger partial charge in [-0.2, -0.15) is 15.4 Å². The summed E-state index contributed by atoms with van der Waals surface area (Å²) in [5, 5.41) is 19.0. The number of hydrogen-bond donors (Lipinski definition) is 2. The summed E-state index contributed by atoms with van der Waals surface area (Å²) in [6.45, 7) is 1.81. The van der Waals surface area contributed by atoms with Gasteiger partial charge in [0.05, 0.1) is 17.1 Å². The van der Waals surface area contributed by atoms with Gasteiger partial charge >= 0.3 is 0 Å². The highest BCUT2D eigenvalue weighted by Crippen LogP contribution is 2.31. The van der Waals surface area contributed by atoms with Crippen LogP contribution < -0.4 is 11.3 Å². The van der Waals surface area contributed by atoms with E-state index in [4.69, 9.17) is 5.73 Å². The molecule has 0 amide bonds. The molecule has 3 N–H and O–H groups in total. The molecule has 2 aromatic heterocycles. The van der Waals surface area contributed by atoms with Crippen LogP contribution in [0.15, 0.2) is 57.5 Å². The zero-order valence-corrected chi connectivity index (χ0v) is 14.2. The van der Waals surface area contributed by atoms with Gasteiger partial charge in [-0.3, -0.25) is 9.48 Å². The van der Waals surface area contributed by atoms with E-state index in [1.165, 1.54) is 0 Å². The average molecular weight is 348 g/mol. The van der Waals surface area contributed by atoms with Crippen molar-refractivity contribution in [2.75, 3.05) is 5.73 Å². The molecule has 0 bridgehead atoms. The third-order valence-corrected chi connectivity index (χ3v) is 4.27. The monoisotopic (exact) mass is 348 g/mol. The topological polar surface area (TPSA) is 119 Å². The summed E-state index contributed by atoms with van der Waals surface area (Å²) in [6.07, 6.45) is 0. The molecular formula is C17H16N8O. The van der Waals surface area contributed by atoms with Crippen LogP contribution in [0.1, 0.15) is 5.69 Å². The van der Waals surface area contributed by atoms with Crippen LogP contribution in [0.4, 0.5) is 17.1 Å². The van der Waals surface area contributed by atoms with Gasteiger partial charge in [-0.25, -0.2) is 4.68 Å². The lowest BCUT2D eigenvalue weighted by atomic mass is 10.2. The van der Waals surface area contributed by atoms with Gasteiger partial charge in [0.15, 0.2) is 5.69 Å². The third kappa shape index (κ3) is 2.37. The first kappa shape index (κ1) is 15.8. The van der Waals surface area contributed by atoms with Gasteiger partial charge in [0.1, 0.15) is 16.7 Å². The van der Waals surface area contributed by atoms with Crippen molar-refractivity contribution in [3.63, 3.8) is 0 Å². The zero-order valence-electron chi connectivity index (χ0n) is 14.2. The average Bonchev–Trinajstić information content (AvgIpc) is 3.20. The maximum absolute atomic E-state index is 12.9. The van der Waals surface area contributed by atoms with Crippen LogP contribution in [0.25, 0.3) is 16.7 Å². The SMILES string of the molecule is Cc1c(N=Nc2c(N)ccc3n[nH]nc23)c(=O)n(-c2ccccc2)n1C. The Kier molecular flexibility index (Phi) is 3.61. The first-order valence-electron chi connectivity index (χ1n) is 7.92. The van der Waals surface area contributed by atoms with Crippen LogP contribution >= 0.6 is 0 Å². The maximum atomic E-state index is 12.9. The van der Waals surface area contributed by atoms with E-state index in [1.54, 1.807) is 28.5 Å². The van der Waals surface area contributed by atoms with Crippen LogP contribution in [-0.2, 0) is 7.05 Å². The summed E-state index contributed by atoms with van der Waals surface area (Å²) < 4.78 is 3.29. The number of nitrogens with two attached hydrogens (primary N) is 1. The number of H-pyrrole nitrogens is 1. The Balaban J connectivity index is 1.85. The molecule has 0 atom stereocenters. The predicted molar refractivity (Wildman–Crippen MR) is 98.2 cm³/mol. The highest BCUT2D eigenvalue weighted by molar-refractivity contribution is 5.92. The van der Waals surface area contributed by atoms with Crippen LogP contribution in [-0.4, -0.2) is 24.8 Å². The minimum Gasteiger partial charge on any atom is -0.397 e. The van der Waals surface area contributed by atoms with Crippen LogP contribution in [0.5, 0.6) is 0 Å². The van der Waals surface area contributed by atoms with Gasteiger partial charge in [0.2, 0.25) is 0 Å². The van der Waals surface area contributed by atoms with Crippen molar-refractivity contribution in [2.45, 2.75) is 6.92 Å². The van der Waals surface area contributed by atoms with E-state index >= 15 is 0 Å². The van der Waals surface area contributed by atoms with Crippen LogP contribution in [0.3, 0.4) is 0 Å². The molecule has 0 fully saturated rings. The lowest BCUT2D eigenvalue weighted by Crippen LogP contribution is -2.19. The van der Waals surface area contributed by atoms with Crippen LogP contribution in [0, 0.1) is 6.92 Å². The lowest BCUT2D eigenvalue weighted by molar-refractivity contribution is 0.630. The summed E-state index contributed by atoms with van der Waals surface area (Å²) in [5.41, 5.74) is 9.34. The summed E-state index contributed by atoms with van der Waals surface area (Å²) in [4.78, 5) is 12.9. The van der Waals surface area contributed by atoms with E-state index in [1.807, 2.05) is 37.3 Å². The van der Waals surface area contributed by atoms with Gasteiger partial charge in [-0.1, -0.05) is 18.2 Å². The fraction of sp³-hybridized carbons (Fsp3) is 0.118. The zero-order chi connectivity index (χ0) is 18.3. The summed E-state index contributed by atoms with van der Waals surface area (Å²) in [5.74, 6) is 0. The molecule has 0 saturated heterocycles. The number of nitrogens with zero attached hydrogens (tertiary/aromatic N) is 6. The standard InChI is InChI=1S/C17H16N8O/c1-10-14(17(26)25(24(10)2)11-6-4-3-5-7-11)20-21-15-12(18)8-9-13-16(15)22-23-19-13/h3-9H,18H2,1-2H3,(H,19,22,23).